The van der Waals surface area contributed by atoms with Gasteiger partial charge in [-0.15, -0.1) is 24.5 Å². The van der Waals surface area contributed by atoms with Crippen LogP contribution in [0.25, 0.3) is 21.5 Å². The highest BCUT2D eigenvalue weighted by molar-refractivity contribution is 8.01. The van der Waals surface area contributed by atoms with Crippen LogP contribution in [-0.4, -0.2) is 40.4 Å². The van der Waals surface area contributed by atoms with E-state index in [-0.39, 0.29) is 46.2 Å². The van der Waals surface area contributed by atoms with Crippen molar-refractivity contribution < 1.29 is 36.4 Å². The molecule has 1 N–H and O–H groups in total. The van der Waals surface area contributed by atoms with Gasteiger partial charge in [0.25, 0.3) is 0 Å². The molecule has 2 aliphatic rings. The highest BCUT2D eigenvalue weighted by Gasteiger charge is 2.38. The number of fused-ring (bicyclic) bond motifs is 1. The summed E-state index contributed by atoms with van der Waals surface area (Å²) in [6, 6.07) is 9.02. The molecule has 2 fully saturated rings. The second-order valence-corrected chi connectivity index (χ2v) is 14.4. The topological polar surface area (TPSA) is 86.5 Å². The Hall–Kier alpha value is -3.16. The van der Waals surface area contributed by atoms with Gasteiger partial charge in [0, 0.05) is 34.9 Å². The summed E-state index contributed by atoms with van der Waals surface area (Å²) < 4.78 is 70.9. The maximum Gasteiger partial charge on any atom is 0.573 e. The molecule has 2 saturated carbocycles. The van der Waals surface area contributed by atoms with Crippen molar-refractivity contribution in [1.29, 1.82) is 0 Å². The van der Waals surface area contributed by atoms with Crippen LogP contribution in [0.5, 0.6) is 5.75 Å². The quantitative estimate of drug-likeness (QED) is 0.124. The summed E-state index contributed by atoms with van der Waals surface area (Å²) in [4.78, 5) is 16.8. The summed E-state index contributed by atoms with van der Waals surface area (Å²) >= 11 is 3.05. The maximum atomic E-state index is 14.9. The van der Waals surface area contributed by atoms with Crippen molar-refractivity contribution in [1.82, 2.24) is 15.5 Å². The van der Waals surface area contributed by atoms with Gasteiger partial charge in [0.15, 0.2) is 10.2 Å². The predicted octanol–water partition coefficient (Wildman–Crippen LogP) is 9.12. The Kier molecular flexibility index (Phi) is 9.63. The third-order valence-electron chi connectivity index (χ3n) is 8.67. The molecule has 6 rings (SSSR count). The highest BCUT2D eigenvalue weighted by atomic mass is 32.2. The van der Waals surface area contributed by atoms with E-state index in [0.29, 0.717) is 28.8 Å². The van der Waals surface area contributed by atoms with E-state index in [1.807, 2.05) is 0 Å². The normalized spacial score (nSPS) is 21.9. The maximum absolute atomic E-state index is 14.9. The number of alkyl halides is 3. The van der Waals surface area contributed by atoms with E-state index in [1.165, 1.54) is 29.5 Å². The molecule has 46 heavy (non-hydrogen) atoms. The second kappa shape index (κ2) is 13.5. The first-order valence-electron chi connectivity index (χ1n) is 15.5. The van der Waals surface area contributed by atoms with E-state index in [9.17, 15) is 22.4 Å². The van der Waals surface area contributed by atoms with Gasteiger partial charge in [-0.3, -0.25) is 0 Å². The minimum Gasteiger partial charge on any atom is -0.462 e. The average molecular weight is 678 g/mol. The van der Waals surface area contributed by atoms with Crippen LogP contribution >= 0.6 is 23.1 Å². The van der Waals surface area contributed by atoms with E-state index >= 15 is 0 Å². The van der Waals surface area contributed by atoms with E-state index in [1.54, 1.807) is 36.9 Å². The number of carbonyl (C=O) groups is 1. The van der Waals surface area contributed by atoms with Crippen molar-refractivity contribution >= 4 is 39.3 Å². The van der Waals surface area contributed by atoms with Gasteiger partial charge >= 0.3 is 12.3 Å². The Balaban J connectivity index is 1.17. The standard InChI is InChI=1S/C33H35F4N3O4S2/c1-4-18-13-21(12-17(3)30(18)46-32-39-28-24(34)14-20(15-26(28)45-32)31(41)42-5-2)38-16-23-27(40-44-29(23)19-10-11-19)22-8-6-7-9-25(22)43-33(35,36)37/h6-9,14-15,17-19,21,30,38H,4-5,10-13,16H2,1-3H3. The minimum atomic E-state index is -4.83. The van der Waals surface area contributed by atoms with Gasteiger partial charge in [-0.05, 0) is 68.7 Å². The summed E-state index contributed by atoms with van der Waals surface area (Å²) in [5.41, 5.74) is 1.82. The molecule has 2 aliphatic carbocycles. The summed E-state index contributed by atoms with van der Waals surface area (Å²) in [7, 11) is 0. The van der Waals surface area contributed by atoms with Crippen LogP contribution in [0, 0.1) is 17.7 Å². The Morgan fingerprint density at radius 3 is 2.67 bits per heavy atom. The van der Waals surface area contributed by atoms with Crippen molar-refractivity contribution in [2.24, 2.45) is 11.8 Å². The number of esters is 1. The Morgan fingerprint density at radius 2 is 1.96 bits per heavy atom. The molecule has 0 aliphatic heterocycles. The summed E-state index contributed by atoms with van der Waals surface area (Å²) in [6.07, 6.45) is -0.185. The lowest BCUT2D eigenvalue weighted by Gasteiger charge is -2.40. The summed E-state index contributed by atoms with van der Waals surface area (Å²) in [6.45, 7) is 6.71. The Morgan fingerprint density at radius 1 is 1.17 bits per heavy atom. The Bertz CT molecular complexity index is 1700. The molecule has 4 aromatic rings. The fourth-order valence-corrected chi connectivity index (χ4v) is 9.14. The largest absolute Gasteiger partial charge is 0.573 e. The van der Waals surface area contributed by atoms with E-state index in [2.05, 4.69) is 34.0 Å². The lowest BCUT2D eigenvalue weighted by atomic mass is 9.77. The van der Waals surface area contributed by atoms with E-state index in [0.717, 1.165) is 47.8 Å². The second-order valence-electron chi connectivity index (χ2n) is 12.0. The number of thiazole rings is 1. The molecule has 13 heteroatoms. The first-order valence-corrected chi connectivity index (χ1v) is 17.2. The minimum absolute atomic E-state index is 0.174. The number of hydrogen-bond donors (Lipinski definition) is 1. The zero-order valence-electron chi connectivity index (χ0n) is 25.7. The SMILES string of the molecule is CCOC(=O)c1cc(F)c2nc(SC3C(C)CC(NCc4c(-c5ccccc5OC(F)(F)F)noc4C4CC4)CC3CC)sc2c1. The third-order valence-corrected chi connectivity index (χ3v) is 11.4. The molecule has 0 radical (unpaired) electrons. The van der Waals surface area contributed by atoms with E-state index < -0.39 is 18.1 Å². The smallest absolute Gasteiger partial charge is 0.462 e. The number of hydrogen-bond acceptors (Lipinski definition) is 9. The first-order chi connectivity index (χ1) is 22.0. The summed E-state index contributed by atoms with van der Waals surface area (Å²) in [5.74, 6) is 0.192. The van der Waals surface area contributed by atoms with Crippen molar-refractivity contribution in [2.45, 2.75) is 87.3 Å². The molecule has 0 bridgehead atoms. The van der Waals surface area contributed by atoms with Crippen molar-refractivity contribution in [3.8, 4) is 17.0 Å². The van der Waals surface area contributed by atoms with Gasteiger partial charge in [0.05, 0.1) is 16.9 Å². The lowest BCUT2D eigenvalue weighted by Crippen LogP contribution is -2.42. The van der Waals surface area contributed by atoms with Gasteiger partial charge in [-0.2, -0.15) is 0 Å². The molecule has 4 unspecified atom stereocenters. The van der Waals surface area contributed by atoms with E-state index in [4.69, 9.17) is 9.26 Å². The first kappa shape index (κ1) is 32.8. The van der Waals surface area contributed by atoms with Crippen LogP contribution < -0.4 is 10.1 Å². The molecule has 4 atom stereocenters. The zero-order chi connectivity index (χ0) is 32.6. The fraction of sp³-hybridized carbons (Fsp3) is 0.485. The number of nitrogens with zero attached hydrogens (tertiary/aromatic N) is 2. The van der Waals surface area contributed by atoms with Gasteiger partial charge in [-0.25, -0.2) is 14.2 Å². The molecule has 0 saturated heterocycles. The van der Waals surface area contributed by atoms with Gasteiger partial charge in [0.2, 0.25) is 0 Å². The molecular formula is C33H35F4N3O4S2. The molecule has 2 aromatic heterocycles. The number of para-hydroxylation sites is 1. The van der Waals surface area contributed by atoms with Crippen LogP contribution in [0.1, 0.15) is 80.5 Å². The van der Waals surface area contributed by atoms with Crippen molar-refractivity contribution in [3.05, 3.63) is 59.1 Å². The predicted molar refractivity (Wildman–Crippen MR) is 169 cm³/mol. The fourth-order valence-electron chi connectivity index (χ4n) is 6.38. The number of rotatable bonds is 11. The monoisotopic (exact) mass is 677 g/mol. The molecule has 7 nitrogen and oxygen atoms in total. The van der Waals surface area contributed by atoms with Gasteiger partial charge in [0.1, 0.15) is 22.7 Å². The number of carbonyl (C=O) groups excluding carboxylic acids is 1. The number of aromatic nitrogens is 2. The molecule has 0 amide bonds. The highest BCUT2D eigenvalue weighted by Crippen LogP contribution is 2.47. The van der Waals surface area contributed by atoms with Crippen molar-refractivity contribution in [2.75, 3.05) is 6.61 Å². The molecule has 2 aromatic carbocycles. The lowest BCUT2D eigenvalue weighted by molar-refractivity contribution is -0.274. The van der Waals surface area contributed by atoms with Crippen LogP contribution in [0.2, 0.25) is 0 Å². The number of thioether (sulfide) groups is 1. The summed E-state index contributed by atoms with van der Waals surface area (Å²) in [5, 5.41) is 8.17. The average Bonchev–Trinajstić information content (AvgIpc) is 3.63. The molecule has 0 spiro atoms. The van der Waals surface area contributed by atoms with Crippen molar-refractivity contribution in [3.63, 3.8) is 0 Å². The molecule has 246 valence electrons. The zero-order valence-corrected chi connectivity index (χ0v) is 27.3. The Labute approximate surface area is 272 Å². The number of ether oxygens (including phenoxy) is 2. The van der Waals surface area contributed by atoms with Gasteiger partial charge < -0.3 is 19.3 Å². The van der Waals surface area contributed by atoms with Crippen LogP contribution in [0.4, 0.5) is 17.6 Å². The molecule has 2 heterocycles. The number of nitrogens with one attached hydrogen (secondary N) is 1. The van der Waals surface area contributed by atoms with Gasteiger partial charge in [-0.1, -0.05) is 49.3 Å². The molecular weight excluding hydrogens is 643 g/mol. The van der Waals surface area contributed by atoms with Crippen LogP contribution in [0.3, 0.4) is 0 Å². The van der Waals surface area contributed by atoms with Crippen LogP contribution in [0.15, 0.2) is 45.3 Å². The van der Waals surface area contributed by atoms with Crippen LogP contribution in [-0.2, 0) is 11.3 Å². The number of halogens is 4. The number of benzene rings is 2. The third kappa shape index (κ3) is 7.21.